The molecule has 0 aliphatic carbocycles. The van der Waals surface area contributed by atoms with Gasteiger partial charge in [-0.1, -0.05) is 12.8 Å². The molecule has 2 rings (SSSR count). The molecule has 0 saturated carbocycles. The first-order valence-electron chi connectivity index (χ1n) is 5.51. The van der Waals surface area contributed by atoms with E-state index < -0.39 is 0 Å². The number of hydrogen-bond acceptors (Lipinski definition) is 3. The average Bonchev–Trinajstić information content (AvgIpc) is 2.58. The Kier molecular flexibility index (Phi) is 3.37. The van der Waals surface area contributed by atoms with Crippen LogP contribution in [0, 0.1) is 0 Å². The molecule has 15 heavy (non-hydrogen) atoms. The van der Waals surface area contributed by atoms with Crippen molar-refractivity contribution < 1.29 is 9.21 Å². The summed E-state index contributed by atoms with van der Waals surface area (Å²) in [5.74, 6) is 0.172. The summed E-state index contributed by atoms with van der Waals surface area (Å²) in [5, 5.41) is 0. The second kappa shape index (κ2) is 4.96. The third-order valence-electron chi connectivity index (χ3n) is 2.77. The topological polar surface area (TPSA) is 46.3 Å². The van der Waals surface area contributed by atoms with E-state index in [1.54, 1.807) is 0 Å². The minimum Gasteiger partial charge on any atom is -0.451 e. The van der Waals surface area contributed by atoms with Crippen molar-refractivity contribution in [2.24, 2.45) is 0 Å². The second-order valence-corrected chi connectivity index (χ2v) is 3.95. The van der Waals surface area contributed by atoms with E-state index >= 15 is 0 Å². The molecule has 0 N–H and O–H groups in total. The van der Waals surface area contributed by atoms with Gasteiger partial charge in [-0.15, -0.1) is 0 Å². The largest absolute Gasteiger partial charge is 0.451 e. The van der Waals surface area contributed by atoms with E-state index in [0.717, 1.165) is 31.6 Å². The van der Waals surface area contributed by atoms with E-state index in [9.17, 15) is 4.79 Å². The summed E-state index contributed by atoms with van der Waals surface area (Å²) >= 11 is 0. The second-order valence-electron chi connectivity index (χ2n) is 3.95. The minimum absolute atomic E-state index is 0.172. The zero-order valence-corrected chi connectivity index (χ0v) is 8.82. The SMILES string of the molecule is O=C(Cc1cocn1)N1CCCCCC1. The maximum Gasteiger partial charge on any atom is 0.228 e. The molecule has 2 heterocycles. The number of carbonyl (C=O) groups excluding carboxylic acids is 1. The Labute approximate surface area is 89.3 Å². The molecular weight excluding hydrogens is 192 g/mol. The van der Waals surface area contributed by atoms with Gasteiger partial charge in [0.1, 0.15) is 6.26 Å². The fourth-order valence-electron chi connectivity index (χ4n) is 1.91. The summed E-state index contributed by atoms with van der Waals surface area (Å²) in [4.78, 5) is 17.8. The van der Waals surface area contributed by atoms with E-state index in [1.807, 2.05) is 4.90 Å². The summed E-state index contributed by atoms with van der Waals surface area (Å²) in [6.45, 7) is 1.80. The molecule has 0 atom stereocenters. The Morgan fingerprint density at radius 1 is 1.33 bits per heavy atom. The molecule has 1 aliphatic heterocycles. The van der Waals surface area contributed by atoms with Crippen molar-refractivity contribution in [2.75, 3.05) is 13.1 Å². The number of oxazole rings is 1. The molecule has 4 nitrogen and oxygen atoms in total. The third-order valence-corrected chi connectivity index (χ3v) is 2.77. The van der Waals surface area contributed by atoms with Gasteiger partial charge in [0.2, 0.25) is 5.91 Å². The lowest BCUT2D eigenvalue weighted by atomic mass is 10.2. The van der Waals surface area contributed by atoms with Gasteiger partial charge in [-0.05, 0) is 12.8 Å². The van der Waals surface area contributed by atoms with Crippen LogP contribution in [0.5, 0.6) is 0 Å². The van der Waals surface area contributed by atoms with Gasteiger partial charge in [-0.3, -0.25) is 4.79 Å². The molecule has 0 bridgehead atoms. The van der Waals surface area contributed by atoms with Crippen molar-refractivity contribution in [3.05, 3.63) is 18.4 Å². The number of likely N-dealkylation sites (tertiary alicyclic amines) is 1. The van der Waals surface area contributed by atoms with Gasteiger partial charge in [0.15, 0.2) is 6.39 Å². The predicted octanol–water partition coefficient (Wildman–Crippen LogP) is 1.62. The summed E-state index contributed by atoms with van der Waals surface area (Å²) in [5.41, 5.74) is 0.726. The van der Waals surface area contributed by atoms with Crippen LogP contribution < -0.4 is 0 Å². The summed E-state index contributed by atoms with van der Waals surface area (Å²) in [6, 6.07) is 0. The molecular formula is C11H16N2O2. The molecule has 82 valence electrons. The van der Waals surface area contributed by atoms with Crippen LogP contribution in [0.15, 0.2) is 17.1 Å². The van der Waals surface area contributed by atoms with Gasteiger partial charge in [-0.2, -0.15) is 0 Å². The molecule has 0 aromatic carbocycles. The van der Waals surface area contributed by atoms with Crippen molar-refractivity contribution >= 4 is 5.91 Å². The van der Waals surface area contributed by atoms with Crippen LogP contribution in [0.1, 0.15) is 31.4 Å². The van der Waals surface area contributed by atoms with Crippen LogP contribution in [0.25, 0.3) is 0 Å². The predicted molar refractivity (Wildman–Crippen MR) is 55.3 cm³/mol. The monoisotopic (exact) mass is 208 g/mol. The molecule has 1 aromatic heterocycles. The smallest absolute Gasteiger partial charge is 0.228 e. The zero-order valence-electron chi connectivity index (χ0n) is 8.82. The van der Waals surface area contributed by atoms with Crippen LogP contribution in [0.4, 0.5) is 0 Å². The van der Waals surface area contributed by atoms with Crippen LogP contribution in [-0.4, -0.2) is 28.9 Å². The van der Waals surface area contributed by atoms with Crippen LogP contribution in [0.2, 0.25) is 0 Å². The van der Waals surface area contributed by atoms with Crippen molar-refractivity contribution in [3.63, 3.8) is 0 Å². The number of carbonyl (C=O) groups is 1. The Morgan fingerprint density at radius 2 is 2.07 bits per heavy atom. The quantitative estimate of drug-likeness (QED) is 0.742. The van der Waals surface area contributed by atoms with E-state index in [-0.39, 0.29) is 5.91 Å². The van der Waals surface area contributed by atoms with E-state index in [0.29, 0.717) is 6.42 Å². The lowest BCUT2D eigenvalue weighted by molar-refractivity contribution is -0.130. The summed E-state index contributed by atoms with van der Waals surface area (Å²) < 4.78 is 4.85. The molecule has 1 aromatic rings. The van der Waals surface area contributed by atoms with E-state index in [2.05, 4.69) is 4.98 Å². The standard InChI is InChI=1S/C11H16N2O2/c14-11(7-10-8-15-9-12-10)13-5-3-1-2-4-6-13/h8-9H,1-7H2. The highest BCUT2D eigenvalue weighted by atomic mass is 16.3. The van der Waals surface area contributed by atoms with Gasteiger partial charge in [0.25, 0.3) is 0 Å². The first-order chi connectivity index (χ1) is 7.36. The van der Waals surface area contributed by atoms with Gasteiger partial charge in [-0.25, -0.2) is 4.98 Å². The maximum atomic E-state index is 11.9. The molecule has 0 spiro atoms. The molecule has 0 radical (unpaired) electrons. The maximum absolute atomic E-state index is 11.9. The van der Waals surface area contributed by atoms with Gasteiger partial charge >= 0.3 is 0 Å². The number of hydrogen-bond donors (Lipinski definition) is 0. The molecule has 0 unspecified atom stereocenters. The van der Waals surface area contributed by atoms with Gasteiger partial charge in [0.05, 0.1) is 12.1 Å². The first kappa shape index (κ1) is 10.2. The molecule has 1 amide bonds. The normalized spacial score (nSPS) is 17.5. The van der Waals surface area contributed by atoms with Crippen LogP contribution >= 0.6 is 0 Å². The highest BCUT2D eigenvalue weighted by Gasteiger charge is 2.16. The van der Waals surface area contributed by atoms with Crippen LogP contribution in [0.3, 0.4) is 0 Å². The Hall–Kier alpha value is -1.32. The van der Waals surface area contributed by atoms with E-state index in [4.69, 9.17) is 4.42 Å². The fourth-order valence-corrected chi connectivity index (χ4v) is 1.91. The van der Waals surface area contributed by atoms with E-state index in [1.165, 1.54) is 25.5 Å². The van der Waals surface area contributed by atoms with Crippen LogP contribution in [-0.2, 0) is 11.2 Å². The number of nitrogens with zero attached hydrogens (tertiary/aromatic N) is 2. The average molecular weight is 208 g/mol. The minimum atomic E-state index is 0.172. The van der Waals surface area contributed by atoms with Gasteiger partial charge in [0, 0.05) is 13.1 Å². The summed E-state index contributed by atoms with van der Waals surface area (Å²) in [6.07, 6.45) is 8.02. The Balaban J connectivity index is 1.89. The molecule has 4 heteroatoms. The Bertz CT molecular complexity index is 300. The Morgan fingerprint density at radius 3 is 2.67 bits per heavy atom. The van der Waals surface area contributed by atoms with Crippen molar-refractivity contribution in [3.8, 4) is 0 Å². The third kappa shape index (κ3) is 2.81. The van der Waals surface area contributed by atoms with Crippen molar-refractivity contribution in [1.82, 2.24) is 9.88 Å². The highest BCUT2D eigenvalue weighted by Crippen LogP contribution is 2.11. The first-order valence-corrected chi connectivity index (χ1v) is 5.51. The number of rotatable bonds is 2. The number of amides is 1. The van der Waals surface area contributed by atoms with Crippen molar-refractivity contribution in [2.45, 2.75) is 32.1 Å². The highest BCUT2D eigenvalue weighted by molar-refractivity contribution is 5.78. The lowest BCUT2D eigenvalue weighted by Gasteiger charge is -2.19. The molecule has 1 saturated heterocycles. The zero-order chi connectivity index (χ0) is 10.5. The molecule has 1 aliphatic rings. The van der Waals surface area contributed by atoms with Crippen molar-refractivity contribution in [1.29, 1.82) is 0 Å². The fraction of sp³-hybridized carbons (Fsp3) is 0.636. The number of aromatic nitrogens is 1. The van der Waals surface area contributed by atoms with Gasteiger partial charge < -0.3 is 9.32 Å². The summed E-state index contributed by atoms with van der Waals surface area (Å²) in [7, 11) is 0. The molecule has 1 fully saturated rings. The lowest BCUT2D eigenvalue weighted by Crippen LogP contribution is -2.33.